The number of fused-ring (bicyclic) bond motifs is 1. The fraction of sp³-hybridized carbons (Fsp3) is 1.00. The monoisotopic (exact) mass is 249 g/mol. The Morgan fingerprint density at radius 3 is 2.29 bits per heavy atom. The lowest BCUT2D eigenvalue weighted by Crippen LogP contribution is -2.52. The Hall–Kier alpha value is -0.280. The molecule has 4 unspecified atom stereocenters. The van der Waals surface area contributed by atoms with Gasteiger partial charge in [0.15, 0.2) is 0 Å². The van der Waals surface area contributed by atoms with Gasteiger partial charge in [-0.15, -0.1) is 0 Å². The first kappa shape index (κ1) is 13.2. The molecule has 2 fully saturated rings. The van der Waals surface area contributed by atoms with E-state index in [4.69, 9.17) is 5.11 Å². The van der Waals surface area contributed by atoms with Gasteiger partial charge in [0.2, 0.25) is 0 Å². The summed E-state index contributed by atoms with van der Waals surface area (Å²) in [5.41, 5.74) is 0. The minimum Gasteiger partial charge on any atom is -0.395 e. The number of hydrogen-bond donors (Lipinski definition) is 6. The van der Waals surface area contributed by atoms with Crippen LogP contribution in [0.15, 0.2) is 0 Å². The molecule has 0 aromatic rings. The van der Waals surface area contributed by atoms with Crippen LogP contribution in [-0.2, 0) is 0 Å². The zero-order valence-corrected chi connectivity index (χ0v) is 9.29. The topological polar surface area (TPSA) is 125 Å². The Balaban J connectivity index is 2.26. The van der Waals surface area contributed by atoms with Crippen molar-refractivity contribution in [3.63, 3.8) is 0 Å². The van der Waals surface area contributed by atoms with Crippen molar-refractivity contribution in [3.8, 4) is 0 Å². The number of rotatable bonds is 3. The highest BCUT2D eigenvalue weighted by molar-refractivity contribution is 5.11. The summed E-state index contributed by atoms with van der Waals surface area (Å²) in [7, 11) is 0. The minimum atomic E-state index is -1.22. The molecule has 2 aliphatic heterocycles. The van der Waals surface area contributed by atoms with E-state index in [2.05, 4.69) is 0 Å². The van der Waals surface area contributed by atoms with Crippen molar-refractivity contribution in [1.29, 1.82) is 0 Å². The van der Waals surface area contributed by atoms with E-state index in [-0.39, 0.29) is 13.0 Å². The van der Waals surface area contributed by atoms with E-state index in [9.17, 15) is 25.5 Å². The zero-order valence-electron chi connectivity index (χ0n) is 9.29. The van der Waals surface area contributed by atoms with E-state index < -0.39 is 49.1 Å². The van der Waals surface area contributed by atoms with Crippen molar-refractivity contribution < 1.29 is 30.6 Å². The second kappa shape index (κ2) is 4.77. The molecule has 0 aliphatic carbocycles. The van der Waals surface area contributed by atoms with Crippen LogP contribution in [0, 0.1) is 0 Å². The van der Waals surface area contributed by atoms with Gasteiger partial charge in [-0.1, -0.05) is 0 Å². The maximum absolute atomic E-state index is 9.84. The lowest BCUT2D eigenvalue weighted by Gasteiger charge is -2.33. The molecule has 17 heavy (non-hydrogen) atoms. The van der Waals surface area contributed by atoms with Crippen LogP contribution in [0.2, 0.25) is 0 Å². The van der Waals surface area contributed by atoms with Gasteiger partial charge in [-0.25, -0.2) is 0 Å². The van der Waals surface area contributed by atoms with Gasteiger partial charge in [-0.3, -0.25) is 4.90 Å². The fourth-order valence-corrected chi connectivity index (χ4v) is 3.09. The van der Waals surface area contributed by atoms with Crippen LogP contribution < -0.4 is 0 Å². The second-order valence-corrected chi connectivity index (χ2v) is 4.79. The first-order chi connectivity index (χ1) is 8.02. The lowest BCUT2D eigenvalue weighted by atomic mass is 9.99. The van der Waals surface area contributed by atoms with Gasteiger partial charge in [-0.2, -0.15) is 0 Å². The molecule has 0 aromatic heterocycles. The molecule has 2 heterocycles. The van der Waals surface area contributed by atoms with Crippen LogP contribution in [-0.4, -0.2) is 91.3 Å². The molecule has 7 nitrogen and oxygen atoms in total. The van der Waals surface area contributed by atoms with Crippen LogP contribution >= 0.6 is 0 Å². The van der Waals surface area contributed by atoms with Gasteiger partial charge >= 0.3 is 0 Å². The Morgan fingerprint density at radius 2 is 1.76 bits per heavy atom. The van der Waals surface area contributed by atoms with Gasteiger partial charge in [0.05, 0.1) is 49.7 Å². The molecule has 100 valence electrons. The normalized spacial score (nSPS) is 48.4. The molecule has 0 amide bonds. The van der Waals surface area contributed by atoms with Crippen LogP contribution in [0.3, 0.4) is 0 Å². The van der Waals surface area contributed by atoms with E-state index in [0.29, 0.717) is 0 Å². The van der Waals surface area contributed by atoms with Crippen molar-refractivity contribution in [3.05, 3.63) is 0 Å². The van der Waals surface area contributed by atoms with Gasteiger partial charge in [0, 0.05) is 6.04 Å². The van der Waals surface area contributed by atoms with Gasteiger partial charge < -0.3 is 30.6 Å². The van der Waals surface area contributed by atoms with Crippen LogP contribution in [0.1, 0.15) is 6.42 Å². The molecule has 7 heteroatoms. The highest BCUT2D eigenvalue weighted by atomic mass is 16.4. The lowest BCUT2D eigenvalue weighted by molar-refractivity contribution is -0.0523. The Kier molecular flexibility index (Phi) is 3.69. The average Bonchev–Trinajstić information content (AvgIpc) is 2.75. The molecule has 7 atom stereocenters. The average molecular weight is 249 g/mol. The van der Waals surface area contributed by atoms with Gasteiger partial charge in [0.25, 0.3) is 0 Å². The molecule has 0 radical (unpaired) electrons. The summed E-state index contributed by atoms with van der Waals surface area (Å²) in [6.45, 7) is -0.877. The van der Waals surface area contributed by atoms with E-state index in [1.54, 1.807) is 0 Å². The van der Waals surface area contributed by atoms with Crippen LogP contribution in [0.4, 0.5) is 0 Å². The second-order valence-electron chi connectivity index (χ2n) is 4.79. The number of aliphatic hydroxyl groups is 6. The molecular weight excluding hydrogens is 230 g/mol. The highest BCUT2D eigenvalue weighted by Gasteiger charge is 2.57. The van der Waals surface area contributed by atoms with E-state index >= 15 is 0 Å². The molecule has 2 rings (SSSR count). The third-order valence-corrected chi connectivity index (χ3v) is 3.90. The molecule has 2 saturated heterocycles. The summed E-state index contributed by atoms with van der Waals surface area (Å²) in [5.74, 6) is 0. The quantitative estimate of drug-likeness (QED) is 0.303. The summed E-state index contributed by atoms with van der Waals surface area (Å²) in [5, 5.41) is 57.2. The maximum Gasteiger partial charge on any atom is 0.0995 e. The van der Waals surface area contributed by atoms with Gasteiger partial charge in [0.1, 0.15) is 0 Å². The minimum absolute atomic E-state index is 0.234. The van der Waals surface area contributed by atoms with Crippen molar-refractivity contribution in [2.45, 2.75) is 49.0 Å². The first-order valence-corrected chi connectivity index (χ1v) is 5.74. The summed E-state index contributed by atoms with van der Waals surface area (Å²) in [6, 6.07) is -1.99. The maximum atomic E-state index is 9.84. The standard InChI is InChI=1S/C10H19NO6/c12-2-5-6(14)1-4-9(16)10(17)8(11(4)5)7(15)3-13/h4-10,12-17H,1-3H2/t4?,5?,6-,7?,8?,9+,10-/m0/s1. The Bertz CT molecular complexity index is 278. The molecular formula is C10H19NO6. The van der Waals surface area contributed by atoms with E-state index in [1.165, 1.54) is 4.90 Å². The highest BCUT2D eigenvalue weighted by Crippen LogP contribution is 2.38. The van der Waals surface area contributed by atoms with Crippen molar-refractivity contribution >= 4 is 0 Å². The Morgan fingerprint density at radius 1 is 1.12 bits per heavy atom. The molecule has 0 saturated carbocycles. The summed E-state index contributed by atoms with van der Waals surface area (Å²) in [6.07, 6.45) is -4.07. The first-order valence-electron chi connectivity index (χ1n) is 5.74. The number of hydrogen-bond acceptors (Lipinski definition) is 7. The third kappa shape index (κ3) is 1.88. The largest absolute Gasteiger partial charge is 0.395 e. The predicted molar refractivity (Wildman–Crippen MR) is 56.0 cm³/mol. The fourth-order valence-electron chi connectivity index (χ4n) is 3.09. The summed E-state index contributed by atoms with van der Waals surface area (Å²) < 4.78 is 0. The molecule has 6 N–H and O–H groups in total. The SMILES string of the molecule is OCC(O)C1[C@H](O)[C@H](O)C2C[C@H](O)C(CO)N21. The van der Waals surface area contributed by atoms with E-state index in [0.717, 1.165) is 0 Å². The molecule has 0 aromatic carbocycles. The van der Waals surface area contributed by atoms with Crippen LogP contribution in [0.5, 0.6) is 0 Å². The van der Waals surface area contributed by atoms with Gasteiger partial charge in [-0.05, 0) is 6.42 Å². The van der Waals surface area contributed by atoms with Crippen molar-refractivity contribution in [2.24, 2.45) is 0 Å². The molecule has 0 bridgehead atoms. The van der Waals surface area contributed by atoms with Crippen LogP contribution in [0.25, 0.3) is 0 Å². The van der Waals surface area contributed by atoms with Crippen molar-refractivity contribution in [1.82, 2.24) is 4.90 Å². The zero-order chi connectivity index (χ0) is 12.7. The molecule has 0 spiro atoms. The Labute approximate surface area is 98.5 Å². The smallest absolute Gasteiger partial charge is 0.0995 e. The van der Waals surface area contributed by atoms with E-state index in [1.807, 2.05) is 0 Å². The number of aliphatic hydroxyl groups excluding tert-OH is 6. The molecule has 2 aliphatic rings. The predicted octanol–water partition coefficient (Wildman–Crippen LogP) is -3.76. The summed E-state index contributed by atoms with van der Waals surface area (Å²) in [4.78, 5) is 1.53. The third-order valence-electron chi connectivity index (χ3n) is 3.90. The van der Waals surface area contributed by atoms with Crippen molar-refractivity contribution in [2.75, 3.05) is 13.2 Å². The summed E-state index contributed by atoms with van der Waals surface area (Å²) >= 11 is 0. The number of nitrogens with zero attached hydrogens (tertiary/aromatic N) is 1.